The number of ether oxygens (including phenoxy) is 2. The molecule has 0 saturated heterocycles. The van der Waals surface area contributed by atoms with E-state index in [1.54, 1.807) is 0 Å². The number of esters is 1. The molecule has 2 aromatic rings. The van der Waals surface area contributed by atoms with Gasteiger partial charge in [-0.2, -0.15) is 0 Å². The number of methoxy groups -OCH3 is 1. The number of halogens is 1. The number of carbonyl (C=O) groups is 2. The van der Waals surface area contributed by atoms with Crippen LogP contribution in [0.5, 0.6) is 5.75 Å². The van der Waals surface area contributed by atoms with E-state index in [0.717, 1.165) is 18.1 Å². The van der Waals surface area contributed by atoms with Gasteiger partial charge in [0.25, 0.3) is 5.91 Å². The summed E-state index contributed by atoms with van der Waals surface area (Å²) in [5.74, 6) is -1.85. The molecule has 0 aliphatic carbocycles. The van der Waals surface area contributed by atoms with E-state index in [9.17, 15) is 14.0 Å². The van der Waals surface area contributed by atoms with Gasteiger partial charge >= 0.3 is 5.97 Å². The second-order valence-electron chi connectivity index (χ2n) is 5.81. The first-order chi connectivity index (χ1) is 12.4. The Hall–Kier alpha value is -2.89. The van der Waals surface area contributed by atoms with E-state index < -0.39 is 24.3 Å². The zero-order valence-electron chi connectivity index (χ0n) is 15.0. The Kier molecular flexibility index (Phi) is 6.72. The van der Waals surface area contributed by atoms with Crippen molar-refractivity contribution in [2.45, 2.75) is 26.3 Å². The van der Waals surface area contributed by atoms with Crippen molar-refractivity contribution in [3.05, 3.63) is 65.0 Å². The minimum atomic E-state index is -0.776. The largest absolute Gasteiger partial charge is 0.494 e. The van der Waals surface area contributed by atoms with Gasteiger partial charge in [0.15, 0.2) is 18.2 Å². The number of amides is 1. The Morgan fingerprint density at radius 2 is 1.85 bits per heavy atom. The summed E-state index contributed by atoms with van der Waals surface area (Å²) in [6.07, 6.45) is 0.947. The molecule has 0 spiro atoms. The van der Waals surface area contributed by atoms with Crippen molar-refractivity contribution in [2.75, 3.05) is 13.7 Å². The molecule has 0 aliphatic heterocycles. The number of carbonyl (C=O) groups excluding carboxylic acids is 2. The average molecular weight is 359 g/mol. The van der Waals surface area contributed by atoms with Crippen molar-refractivity contribution < 1.29 is 23.5 Å². The van der Waals surface area contributed by atoms with Crippen LogP contribution in [-0.4, -0.2) is 25.6 Å². The summed E-state index contributed by atoms with van der Waals surface area (Å²) in [4.78, 5) is 23.9. The normalized spacial score (nSPS) is 11.5. The quantitative estimate of drug-likeness (QED) is 0.769. The van der Waals surface area contributed by atoms with E-state index in [1.165, 1.54) is 24.8 Å². The lowest BCUT2D eigenvalue weighted by molar-refractivity contribution is -0.124. The Balaban J connectivity index is 1.87. The van der Waals surface area contributed by atoms with Crippen LogP contribution in [0.4, 0.5) is 4.39 Å². The lowest BCUT2D eigenvalue weighted by Crippen LogP contribution is -2.31. The number of aryl methyl sites for hydroxylation is 1. The van der Waals surface area contributed by atoms with Crippen LogP contribution in [0.1, 0.15) is 41.4 Å². The third-order valence-electron chi connectivity index (χ3n) is 3.99. The fourth-order valence-electron chi connectivity index (χ4n) is 2.42. The van der Waals surface area contributed by atoms with Gasteiger partial charge in [-0.25, -0.2) is 9.18 Å². The third kappa shape index (κ3) is 5.05. The zero-order chi connectivity index (χ0) is 19.1. The van der Waals surface area contributed by atoms with E-state index in [2.05, 4.69) is 12.2 Å². The predicted molar refractivity (Wildman–Crippen MR) is 95.6 cm³/mol. The lowest BCUT2D eigenvalue weighted by atomic mass is 10.1. The molecule has 0 saturated carbocycles. The number of benzene rings is 2. The number of hydrogen-bond acceptors (Lipinski definition) is 4. The van der Waals surface area contributed by atoms with Crippen LogP contribution in [-0.2, 0) is 16.0 Å². The summed E-state index contributed by atoms with van der Waals surface area (Å²) < 4.78 is 23.3. The lowest BCUT2D eigenvalue weighted by Gasteiger charge is -2.15. The maximum absolute atomic E-state index is 13.6. The Morgan fingerprint density at radius 1 is 1.15 bits per heavy atom. The monoisotopic (exact) mass is 359 g/mol. The maximum atomic E-state index is 13.6. The maximum Gasteiger partial charge on any atom is 0.338 e. The highest BCUT2D eigenvalue weighted by atomic mass is 19.1. The van der Waals surface area contributed by atoms with Crippen LogP contribution in [0.25, 0.3) is 0 Å². The molecule has 0 fully saturated rings. The zero-order valence-corrected chi connectivity index (χ0v) is 15.0. The van der Waals surface area contributed by atoms with Crippen molar-refractivity contribution in [1.82, 2.24) is 5.32 Å². The summed E-state index contributed by atoms with van der Waals surface area (Å²) in [6.45, 7) is 3.48. The summed E-state index contributed by atoms with van der Waals surface area (Å²) in [5.41, 5.74) is 2.19. The van der Waals surface area contributed by atoms with Gasteiger partial charge in [0, 0.05) is 0 Å². The van der Waals surface area contributed by atoms with E-state index in [-0.39, 0.29) is 17.4 Å². The fourth-order valence-corrected chi connectivity index (χ4v) is 2.42. The predicted octanol–water partition coefficient (Wildman–Crippen LogP) is 3.43. The van der Waals surface area contributed by atoms with Gasteiger partial charge in [-0.15, -0.1) is 0 Å². The molecule has 138 valence electrons. The molecule has 0 aromatic heterocycles. The first kappa shape index (κ1) is 19.4. The van der Waals surface area contributed by atoms with Gasteiger partial charge < -0.3 is 14.8 Å². The summed E-state index contributed by atoms with van der Waals surface area (Å²) in [7, 11) is 1.33. The Labute approximate surface area is 152 Å². The first-order valence-electron chi connectivity index (χ1n) is 8.33. The van der Waals surface area contributed by atoms with Crippen molar-refractivity contribution >= 4 is 11.9 Å². The highest BCUT2D eigenvalue weighted by molar-refractivity contribution is 5.91. The van der Waals surface area contributed by atoms with Crippen molar-refractivity contribution in [2.24, 2.45) is 0 Å². The third-order valence-corrected chi connectivity index (χ3v) is 3.99. The molecule has 2 aromatic carbocycles. The molecule has 1 N–H and O–H groups in total. The molecule has 0 bridgehead atoms. The molecule has 5 nitrogen and oxygen atoms in total. The topological polar surface area (TPSA) is 64.6 Å². The van der Waals surface area contributed by atoms with E-state index in [0.29, 0.717) is 0 Å². The molecular formula is C20H22FNO4. The van der Waals surface area contributed by atoms with E-state index in [4.69, 9.17) is 9.47 Å². The van der Waals surface area contributed by atoms with Gasteiger partial charge in [0.05, 0.1) is 18.7 Å². The smallest absolute Gasteiger partial charge is 0.338 e. The molecule has 1 atom stereocenters. The summed E-state index contributed by atoms with van der Waals surface area (Å²) in [5, 5.41) is 2.76. The van der Waals surface area contributed by atoms with Crippen molar-refractivity contribution in [1.29, 1.82) is 0 Å². The minimum Gasteiger partial charge on any atom is -0.494 e. The Morgan fingerprint density at radius 3 is 2.42 bits per heavy atom. The fraction of sp³-hybridized carbons (Fsp3) is 0.300. The standard InChI is InChI=1S/C20H22FNO4/c1-4-14-5-7-15(8-6-14)13(2)22-19(23)12-26-20(24)16-9-10-18(25-3)17(21)11-16/h5-11,13H,4,12H2,1-3H3,(H,22,23)/t13-/m1/s1. The molecule has 0 aliphatic rings. The molecule has 6 heteroatoms. The molecule has 26 heavy (non-hydrogen) atoms. The van der Waals surface area contributed by atoms with Crippen LogP contribution < -0.4 is 10.1 Å². The number of hydrogen-bond donors (Lipinski definition) is 1. The Bertz CT molecular complexity index is 774. The minimum absolute atomic E-state index is 0.0132. The second-order valence-corrected chi connectivity index (χ2v) is 5.81. The molecular weight excluding hydrogens is 337 g/mol. The van der Waals surface area contributed by atoms with E-state index >= 15 is 0 Å². The van der Waals surface area contributed by atoms with Crippen LogP contribution in [0.2, 0.25) is 0 Å². The van der Waals surface area contributed by atoms with Gasteiger partial charge in [0.1, 0.15) is 0 Å². The van der Waals surface area contributed by atoms with Crippen molar-refractivity contribution in [3.63, 3.8) is 0 Å². The van der Waals surface area contributed by atoms with Crippen LogP contribution in [0.15, 0.2) is 42.5 Å². The van der Waals surface area contributed by atoms with Crippen LogP contribution >= 0.6 is 0 Å². The van der Waals surface area contributed by atoms with Gasteiger partial charge in [0.2, 0.25) is 0 Å². The SMILES string of the molecule is CCc1ccc([C@@H](C)NC(=O)COC(=O)c2ccc(OC)c(F)c2)cc1. The molecule has 0 heterocycles. The molecule has 0 radical (unpaired) electrons. The summed E-state index contributed by atoms with van der Waals surface area (Å²) in [6, 6.07) is 11.4. The van der Waals surface area contributed by atoms with Gasteiger partial charge in [-0.1, -0.05) is 31.2 Å². The van der Waals surface area contributed by atoms with Gasteiger partial charge in [-0.05, 0) is 42.7 Å². The highest BCUT2D eigenvalue weighted by Gasteiger charge is 2.15. The van der Waals surface area contributed by atoms with Crippen LogP contribution in [0.3, 0.4) is 0 Å². The first-order valence-corrected chi connectivity index (χ1v) is 8.33. The number of nitrogens with one attached hydrogen (secondary N) is 1. The molecule has 0 unspecified atom stereocenters. The molecule has 1 amide bonds. The van der Waals surface area contributed by atoms with E-state index in [1.807, 2.05) is 31.2 Å². The molecule has 2 rings (SSSR count). The highest BCUT2D eigenvalue weighted by Crippen LogP contribution is 2.18. The van der Waals surface area contributed by atoms with Crippen molar-refractivity contribution in [3.8, 4) is 5.75 Å². The van der Waals surface area contributed by atoms with Crippen LogP contribution in [0, 0.1) is 5.82 Å². The number of rotatable bonds is 7. The average Bonchev–Trinajstić information content (AvgIpc) is 2.66. The van der Waals surface area contributed by atoms with Gasteiger partial charge in [-0.3, -0.25) is 4.79 Å². The second kappa shape index (κ2) is 8.99. The summed E-state index contributed by atoms with van der Waals surface area (Å²) >= 11 is 0.